The molecule has 126 valence electrons. The third-order valence-corrected chi connectivity index (χ3v) is 5.62. The summed E-state index contributed by atoms with van der Waals surface area (Å²) in [5.74, 6) is 0. The average Bonchev–Trinajstić information content (AvgIpc) is 3.36. The third kappa shape index (κ3) is 3.30. The molecule has 2 saturated heterocycles. The number of carbonyl (C=O) groups excluding carboxylic acids is 1. The molecule has 2 aromatic rings. The van der Waals surface area contributed by atoms with Gasteiger partial charge in [-0.25, -0.2) is 4.79 Å². The van der Waals surface area contributed by atoms with Crippen molar-refractivity contribution in [2.45, 2.75) is 25.3 Å². The van der Waals surface area contributed by atoms with Gasteiger partial charge in [-0.2, -0.15) is 4.37 Å². The first-order valence-corrected chi connectivity index (χ1v) is 9.39. The van der Waals surface area contributed by atoms with Crippen molar-refractivity contribution in [2.24, 2.45) is 0 Å². The molecule has 1 N–H and O–H groups in total. The van der Waals surface area contributed by atoms with Crippen molar-refractivity contribution in [1.29, 1.82) is 0 Å². The number of carbonyl (C=O) groups is 1. The van der Waals surface area contributed by atoms with Crippen molar-refractivity contribution in [3.05, 3.63) is 36.4 Å². The number of hydrogen-bond acceptors (Lipinski definition) is 4. The van der Waals surface area contributed by atoms with Gasteiger partial charge < -0.3 is 4.90 Å². The van der Waals surface area contributed by atoms with Crippen LogP contribution < -0.4 is 5.32 Å². The summed E-state index contributed by atoms with van der Waals surface area (Å²) in [6, 6.07) is 12.5. The molecule has 2 aliphatic heterocycles. The maximum Gasteiger partial charge on any atom is 0.322 e. The Morgan fingerprint density at radius 2 is 1.96 bits per heavy atom. The van der Waals surface area contributed by atoms with Crippen LogP contribution in [0.2, 0.25) is 0 Å². The topological polar surface area (TPSA) is 48.5 Å². The Hall–Kier alpha value is -1.92. The molecule has 2 aliphatic rings. The molecule has 0 radical (unpaired) electrons. The van der Waals surface area contributed by atoms with Crippen LogP contribution in [0.1, 0.15) is 19.3 Å². The molecule has 0 bridgehead atoms. The second kappa shape index (κ2) is 6.91. The van der Waals surface area contributed by atoms with E-state index in [1.807, 2.05) is 41.3 Å². The van der Waals surface area contributed by atoms with Gasteiger partial charge in [0.2, 0.25) is 0 Å². The van der Waals surface area contributed by atoms with Gasteiger partial charge in [0.05, 0.1) is 5.69 Å². The molecular weight excluding hydrogens is 320 g/mol. The SMILES string of the molecule is O=C(Nc1cc(-c2ccccc2)ns1)N1CCC(N2CCCC2)C1. The molecule has 0 saturated carbocycles. The number of benzene rings is 1. The summed E-state index contributed by atoms with van der Waals surface area (Å²) in [6.07, 6.45) is 3.68. The summed E-state index contributed by atoms with van der Waals surface area (Å²) < 4.78 is 4.44. The Kier molecular flexibility index (Phi) is 4.49. The lowest BCUT2D eigenvalue weighted by molar-refractivity contribution is 0.210. The minimum absolute atomic E-state index is 0.0000383. The quantitative estimate of drug-likeness (QED) is 0.928. The smallest absolute Gasteiger partial charge is 0.322 e. The van der Waals surface area contributed by atoms with Crippen molar-refractivity contribution in [1.82, 2.24) is 14.2 Å². The van der Waals surface area contributed by atoms with E-state index in [0.29, 0.717) is 6.04 Å². The molecule has 4 rings (SSSR count). The third-order valence-electron chi connectivity index (χ3n) is 4.92. The van der Waals surface area contributed by atoms with E-state index in [9.17, 15) is 4.79 Å². The van der Waals surface area contributed by atoms with Crippen molar-refractivity contribution in [2.75, 3.05) is 31.5 Å². The van der Waals surface area contributed by atoms with Gasteiger partial charge in [-0.15, -0.1) is 0 Å². The van der Waals surface area contributed by atoms with Gasteiger partial charge in [0.1, 0.15) is 5.00 Å². The fourth-order valence-corrected chi connectivity index (χ4v) is 4.25. The Morgan fingerprint density at radius 1 is 1.17 bits per heavy atom. The highest BCUT2D eigenvalue weighted by Gasteiger charge is 2.31. The van der Waals surface area contributed by atoms with E-state index in [1.54, 1.807) is 0 Å². The van der Waals surface area contributed by atoms with Gasteiger partial charge in [0, 0.05) is 30.8 Å². The number of likely N-dealkylation sites (tertiary alicyclic amines) is 2. The predicted molar refractivity (Wildman–Crippen MR) is 97.4 cm³/mol. The Morgan fingerprint density at radius 3 is 2.75 bits per heavy atom. The first-order chi connectivity index (χ1) is 11.8. The van der Waals surface area contributed by atoms with Crippen molar-refractivity contribution >= 4 is 22.6 Å². The molecule has 0 aliphatic carbocycles. The lowest BCUT2D eigenvalue weighted by Crippen LogP contribution is -2.38. The summed E-state index contributed by atoms with van der Waals surface area (Å²) in [7, 11) is 0. The Balaban J connectivity index is 1.36. The molecular formula is C18H22N4OS. The van der Waals surface area contributed by atoms with E-state index < -0.39 is 0 Å². The molecule has 6 heteroatoms. The number of urea groups is 1. The zero-order valence-corrected chi connectivity index (χ0v) is 14.5. The number of rotatable bonds is 3. The van der Waals surface area contributed by atoms with E-state index in [2.05, 4.69) is 14.6 Å². The lowest BCUT2D eigenvalue weighted by atomic mass is 10.2. The van der Waals surface area contributed by atoms with Crippen molar-refractivity contribution < 1.29 is 4.79 Å². The Labute approximate surface area is 146 Å². The van der Waals surface area contributed by atoms with Crippen LogP contribution in [-0.4, -0.2) is 52.4 Å². The summed E-state index contributed by atoms with van der Waals surface area (Å²) in [5, 5.41) is 3.82. The summed E-state index contributed by atoms with van der Waals surface area (Å²) >= 11 is 1.34. The van der Waals surface area contributed by atoms with Crippen molar-refractivity contribution in [3.8, 4) is 11.3 Å². The van der Waals surface area contributed by atoms with E-state index >= 15 is 0 Å². The molecule has 3 heterocycles. The number of amides is 2. The van der Waals surface area contributed by atoms with Crippen LogP contribution in [0.4, 0.5) is 9.80 Å². The summed E-state index contributed by atoms with van der Waals surface area (Å²) in [5.41, 5.74) is 1.98. The second-order valence-electron chi connectivity index (χ2n) is 6.50. The normalized spacial score (nSPS) is 21.3. The minimum Gasteiger partial charge on any atom is -0.323 e. The molecule has 1 aromatic carbocycles. The van der Waals surface area contributed by atoms with Gasteiger partial charge >= 0.3 is 6.03 Å². The van der Waals surface area contributed by atoms with E-state index in [-0.39, 0.29) is 6.03 Å². The molecule has 5 nitrogen and oxygen atoms in total. The van der Waals surface area contributed by atoms with Crippen LogP contribution in [0.3, 0.4) is 0 Å². The highest BCUT2D eigenvalue weighted by molar-refractivity contribution is 7.10. The molecule has 0 spiro atoms. The predicted octanol–water partition coefficient (Wildman–Crippen LogP) is 3.51. The van der Waals surface area contributed by atoms with Crippen molar-refractivity contribution in [3.63, 3.8) is 0 Å². The minimum atomic E-state index is -0.0000383. The number of nitrogens with zero attached hydrogens (tertiary/aromatic N) is 3. The van der Waals surface area contributed by atoms with E-state index in [1.165, 1.54) is 37.5 Å². The zero-order valence-electron chi connectivity index (χ0n) is 13.6. The lowest BCUT2D eigenvalue weighted by Gasteiger charge is -2.23. The maximum atomic E-state index is 12.5. The number of anilines is 1. The molecule has 24 heavy (non-hydrogen) atoms. The fourth-order valence-electron chi connectivity index (χ4n) is 3.59. The molecule has 1 aromatic heterocycles. The van der Waals surface area contributed by atoms with Crippen LogP contribution in [0.5, 0.6) is 0 Å². The largest absolute Gasteiger partial charge is 0.323 e. The molecule has 1 unspecified atom stereocenters. The number of hydrogen-bond donors (Lipinski definition) is 1. The first kappa shape index (κ1) is 15.6. The van der Waals surface area contributed by atoms with E-state index in [0.717, 1.165) is 35.8 Å². The van der Waals surface area contributed by atoms with E-state index in [4.69, 9.17) is 0 Å². The molecule has 2 fully saturated rings. The molecule has 1 atom stereocenters. The van der Waals surface area contributed by atoms with Gasteiger partial charge in [-0.1, -0.05) is 30.3 Å². The van der Waals surface area contributed by atoms with Gasteiger partial charge in [-0.05, 0) is 43.9 Å². The highest BCUT2D eigenvalue weighted by Crippen LogP contribution is 2.26. The Bertz CT molecular complexity index is 696. The first-order valence-electron chi connectivity index (χ1n) is 8.62. The number of nitrogens with one attached hydrogen (secondary N) is 1. The summed E-state index contributed by atoms with van der Waals surface area (Å²) in [4.78, 5) is 17.0. The zero-order chi connectivity index (χ0) is 16.4. The van der Waals surface area contributed by atoms with Gasteiger partial charge in [0.25, 0.3) is 0 Å². The fraction of sp³-hybridized carbons (Fsp3) is 0.444. The standard InChI is InChI=1S/C18H22N4OS/c23-18(22-11-8-15(13-22)21-9-4-5-10-21)19-17-12-16(20-24-17)14-6-2-1-3-7-14/h1-3,6-7,12,15H,4-5,8-11,13H2,(H,19,23). The monoisotopic (exact) mass is 342 g/mol. The van der Waals surface area contributed by atoms with Gasteiger partial charge in [0.15, 0.2) is 0 Å². The van der Waals surface area contributed by atoms with Crippen LogP contribution in [0.15, 0.2) is 36.4 Å². The highest BCUT2D eigenvalue weighted by atomic mass is 32.1. The van der Waals surface area contributed by atoms with Crippen LogP contribution in [0.25, 0.3) is 11.3 Å². The van der Waals surface area contributed by atoms with Gasteiger partial charge in [-0.3, -0.25) is 10.2 Å². The number of aromatic nitrogens is 1. The second-order valence-corrected chi connectivity index (χ2v) is 7.31. The average molecular weight is 342 g/mol. The molecule has 2 amide bonds. The van der Waals surface area contributed by atoms with Crippen LogP contribution >= 0.6 is 11.5 Å². The maximum absolute atomic E-state index is 12.5. The summed E-state index contributed by atoms with van der Waals surface area (Å²) in [6.45, 7) is 4.07. The van der Waals surface area contributed by atoms with Crippen LogP contribution in [-0.2, 0) is 0 Å². The van der Waals surface area contributed by atoms with Crippen LogP contribution in [0, 0.1) is 0 Å².